The van der Waals surface area contributed by atoms with E-state index >= 15 is 0 Å². The molecule has 0 aromatic carbocycles. The van der Waals surface area contributed by atoms with Crippen LogP contribution in [-0.4, -0.2) is 18.1 Å². The lowest BCUT2D eigenvalue weighted by Crippen LogP contribution is -2.08. The number of nitrogens with one attached hydrogen (secondary N) is 1. The quantitative estimate of drug-likeness (QED) is 0.856. The molecule has 0 spiro atoms. The van der Waals surface area contributed by atoms with Crippen LogP contribution in [0.3, 0.4) is 0 Å². The van der Waals surface area contributed by atoms with E-state index in [9.17, 15) is 4.79 Å². The summed E-state index contributed by atoms with van der Waals surface area (Å²) in [5.74, 6) is 1.26. The number of esters is 1. The highest BCUT2D eigenvalue weighted by molar-refractivity contribution is 5.88. The van der Waals surface area contributed by atoms with Crippen LogP contribution in [0.15, 0.2) is 34.9 Å². The van der Waals surface area contributed by atoms with Gasteiger partial charge in [0.1, 0.15) is 17.2 Å². The molecule has 0 saturated heterocycles. The summed E-state index contributed by atoms with van der Waals surface area (Å²) in [6.45, 7) is 3.88. The summed E-state index contributed by atoms with van der Waals surface area (Å²) in [6.07, 6.45) is 1.56. The van der Waals surface area contributed by atoms with Crippen LogP contribution in [0.2, 0.25) is 0 Å². The van der Waals surface area contributed by atoms with Gasteiger partial charge in [-0.3, -0.25) is 0 Å². The van der Waals surface area contributed by atoms with Crippen molar-refractivity contribution in [3.05, 3.63) is 47.7 Å². The van der Waals surface area contributed by atoms with E-state index in [-0.39, 0.29) is 11.7 Å². The van der Waals surface area contributed by atoms with E-state index in [4.69, 9.17) is 4.42 Å². The number of carbonyl (C=O) groups is 1. The molecule has 0 amide bonds. The van der Waals surface area contributed by atoms with Gasteiger partial charge in [-0.2, -0.15) is 0 Å². The molecule has 2 heterocycles. The van der Waals surface area contributed by atoms with E-state index < -0.39 is 5.97 Å². The fourth-order valence-electron chi connectivity index (χ4n) is 1.74. The largest absolute Gasteiger partial charge is 0.464 e. The molecule has 0 radical (unpaired) electrons. The summed E-state index contributed by atoms with van der Waals surface area (Å²) in [7, 11) is 1.33. The van der Waals surface area contributed by atoms with Gasteiger partial charge in [0.05, 0.1) is 13.2 Å². The minimum Gasteiger partial charge on any atom is -0.464 e. The van der Waals surface area contributed by atoms with Crippen molar-refractivity contribution in [3.63, 3.8) is 0 Å². The number of aromatic nitrogens is 1. The maximum absolute atomic E-state index is 11.4. The molecule has 2 rings (SSSR count). The molecule has 19 heavy (non-hydrogen) atoms. The molecule has 2 aromatic rings. The number of methoxy groups -OCH3 is 1. The molecule has 0 bridgehead atoms. The van der Waals surface area contributed by atoms with E-state index in [0.29, 0.717) is 0 Å². The number of anilines is 1. The monoisotopic (exact) mass is 260 g/mol. The van der Waals surface area contributed by atoms with Gasteiger partial charge in [0.2, 0.25) is 0 Å². The predicted molar refractivity (Wildman–Crippen MR) is 71.1 cm³/mol. The Balaban J connectivity index is 2.12. The highest BCUT2D eigenvalue weighted by Gasteiger charge is 2.11. The average molecular weight is 260 g/mol. The van der Waals surface area contributed by atoms with Gasteiger partial charge in [0, 0.05) is 11.9 Å². The minimum atomic E-state index is -0.454. The first kappa shape index (κ1) is 13.1. The van der Waals surface area contributed by atoms with Gasteiger partial charge in [0.15, 0.2) is 0 Å². The normalized spacial score (nSPS) is 11.9. The van der Waals surface area contributed by atoms with E-state index in [0.717, 1.165) is 17.2 Å². The molecular formula is C14H16N2O3. The molecule has 0 aliphatic carbocycles. The van der Waals surface area contributed by atoms with Crippen LogP contribution in [0.1, 0.15) is 35.0 Å². The predicted octanol–water partition coefficient (Wildman–Crippen LogP) is 2.94. The van der Waals surface area contributed by atoms with Gasteiger partial charge in [-0.15, -0.1) is 0 Å². The van der Waals surface area contributed by atoms with E-state index in [2.05, 4.69) is 15.0 Å². The number of pyridine rings is 1. The minimum absolute atomic E-state index is 0.00148. The zero-order valence-electron chi connectivity index (χ0n) is 11.1. The van der Waals surface area contributed by atoms with Gasteiger partial charge >= 0.3 is 5.97 Å². The van der Waals surface area contributed by atoms with Crippen molar-refractivity contribution in [1.82, 2.24) is 4.98 Å². The topological polar surface area (TPSA) is 64.4 Å². The van der Waals surface area contributed by atoms with E-state index in [1.54, 1.807) is 18.3 Å². The van der Waals surface area contributed by atoms with Crippen LogP contribution >= 0.6 is 0 Å². The molecule has 100 valence electrons. The molecule has 0 fully saturated rings. The third-order valence-corrected chi connectivity index (χ3v) is 2.73. The second kappa shape index (κ2) is 5.56. The first-order chi connectivity index (χ1) is 9.10. The van der Waals surface area contributed by atoms with Crippen LogP contribution in [0.4, 0.5) is 5.69 Å². The lowest BCUT2D eigenvalue weighted by Gasteiger charge is -2.13. The Bertz CT molecular complexity index is 578. The third kappa shape index (κ3) is 3.13. The average Bonchev–Trinajstić information content (AvgIpc) is 2.85. The number of furan rings is 1. The zero-order valence-corrected chi connectivity index (χ0v) is 11.1. The molecule has 0 aliphatic rings. The van der Waals surface area contributed by atoms with Crippen molar-refractivity contribution in [2.75, 3.05) is 12.4 Å². The fourth-order valence-corrected chi connectivity index (χ4v) is 1.74. The number of hydrogen-bond donors (Lipinski definition) is 1. The van der Waals surface area contributed by atoms with Crippen LogP contribution in [0.25, 0.3) is 0 Å². The van der Waals surface area contributed by atoms with Crippen molar-refractivity contribution in [3.8, 4) is 0 Å². The Labute approximate surface area is 111 Å². The van der Waals surface area contributed by atoms with Gasteiger partial charge in [-0.25, -0.2) is 9.78 Å². The number of nitrogens with zero attached hydrogens (tertiary/aromatic N) is 1. The summed E-state index contributed by atoms with van der Waals surface area (Å²) in [6, 6.07) is 7.29. The molecular weight excluding hydrogens is 244 g/mol. The molecule has 0 aliphatic heterocycles. The molecule has 1 atom stereocenters. The molecule has 0 saturated carbocycles. The lowest BCUT2D eigenvalue weighted by atomic mass is 10.2. The van der Waals surface area contributed by atoms with Gasteiger partial charge in [-0.05, 0) is 38.1 Å². The van der Waals surface area contributed by atoms with Gasteiger partial charge in [-0.1, -0.05) is 0 Å². The summed E-state index contributed by atoms with van der Waals surface area (Å²) < 4.78 is 10.2. The van der Waals surface area contributed by atoms with Crippen molar-refractivity contribution < 1.29 is 13.9 Å². The smallest absolute Gasteiger partial charge is 0.356 e. The Morgan fingerprint density at radius 3 is 2.84 bits per heavy atom. The summed E-state index contributed by atoms with van der Waals surface area (Å²) >= 11 is 0. The highest BCUT2D eigenvalue weighted by Crippen LogP contribution is 2.21. The number of aryl methyl sites for hydroxylation is 1. The van der Waals surface area contributed by atoms with Crippen molar-refractivity contribution >= 4 is 11.7 Å². The SMILES string of the molecule is COC(=O)c1cc(NC(C)c2ccc(C)o2)ccn1. The van der Waals surface area contributed by atoms with Crippen LogP contribution in [0, 0.1) is 6.92 Å². The molecule has 2 aromatic heterocycles. The van der Waals surface area contributed by atoms with Crippen LogP contribution < -0.4 is 5.32 Å². The highest BCUT2D eigenvalue weighted by atomic mass is 16.5. The first-order valence-electron chi connectivity index (χ1n) is 5.97. The van der Waals surface area contributed by atoms with Crippen LogP contribution in [0.5, 0.6) is 0 Å². The Hall–Kier alpha value is -2.30. The van der Waals surface area contributed by atoms with Crippen molar-refractivity contribution in [2.24, 2.45) is 0 Å². The number of rotatable bonds is 4. The van der Waals surface area contributed by atoms with Gasteiger partial charge < -0.3 is 14.5 Å². The van der Waals surface area contributed by atoms with Crippen LogP contribution in [-0.2, 0) is 4.74 Å². The lowest BCUT2D eigenvalue weighted by molar-refractivity contribution is 0.0594. The molecule has 5 nitrogen and oxygen atoms in total. The Morgan fingerprint density at radius 2 is 2.21 bits per heavy atom. The number of hydrogen-bond acceptors (Lipinski definition) is 5. The van der Waals surface area contributed by atoms with Crippen molar-refractivity contribution in [2.45, 2.75) is 19.9 Å². The third-order valence-electron chi connectivity index (χ3n) is 2.73. The fraction of sp³-hybridized carbons (Fsp3) is 0.286. The maximum atomic E-state index is 11.4. The van der Waals surface area contributed by atoms with E-state index in [1.165, 1.54) is 7.11 Å². The molecule has 1 N–H and O–H groups in total. The van der Waals surface area contributed by atoms with Gasteiger partial charge in [0.25, 0.3) is 0 Å². The summed E-state index contributed by atoms with van der Waals surface area (Å²) in [5.41, 5.74) is 1.06. The van der Waals surface area contributed by atoms with Crippen molar-refractivity contribution in [1.29, 1.82) is 0 Å². The second-order valence-electron chi connectivity index (χ2n) is 4.24. The Morgan fingerprint density at radius 1 is 1.42 bits per heavy atom. The molecule has 5 heteroatoms. The second-order valence-corrected chi connectivity index (χ2v) is 4.24. The maximum Gasteiger partial charge on any atom is 0.356 e. The summed E-state index contributed by atoms with van der Waals surface area (Å²) in [4.78, 5) is 15.4. The zero-order chi connectivity index (χ0) is 13.8. The summed E-state index contributed by atoms with van der Waals surface area (Å²) in [5, 5.41) is 3.25. The molecule has 1 unspecified atom stereocenters. The first-order valence-corrected chi connectivity index (χ1v) is 5.97. The Kier molecular flexibility index (Phi) is 3.85. The number of ether oxygens (including phenoxy) is 1. The number of carbonyl (C=O) groups excluding carboxylic acids is 1. The van der Waals surface area contributed by atoms with E-state index in [1.807, 2.05) is 26.0 Å². The standard InChI is InChI=1S/C14H16N2O3/c1-9-4-5-13(19-9)10(2)16-11-6-7-15-12(8-11)14(17)18-3/h4-8,10H,1-3H3,(H,15,16).